The van der Waals surface area contributed by atoms with Crippen LogP contribution in [-0.2, 0) is 21.4 Å². The smallest absolute Gasteiger partial charge is 0.323 e. The van der Waals surface area contributed by atoms with Gasteiger partial charge in [0.25, 0.3) is 0 Å². The molecule has 0 radical (unpaired) electrons. The van der Waals surface area contributed by atoms with Crippen LogP contribution < -0.4 is 20.7 Å². The van der Waals surface area contributed by atoms with E-state index in [9.17, 15) is 22.4 Å². The number of amides is 3. The van der Waals surface area contributed by atoms with Crippen LogP contribution in [0.5, 0.6) is 0 Å². The van der Waals surface area contributed by atoms with Crippen molar-refractivity contribution in [1.29, 1.82) is 0 Å². The van der Waals surface area contributed by atoms with Crippen molar-refractivity contribution in [2.45, 2.75) is 43.2 Å². The van der Waals surface area contributed by atoms with E-state index < -0.39 is 16.1 Å². The highest BCUT2D eigenvalue weighted by Gasteiger charge is 2.29. The maximum absolute atomic E-state index is 13.0. The number of urea groups is 1. The van der Waals surface area contributed by atoms with Crippen LogP contribution in [0.3, 0.4) is 0 Å². The normalized spacial score (nSPS) is 17.5. The monoisotopic (exact) mass is 524 g/mol. The maximum atomic E-state index is 13.0. The molecule has 1 saturated carbocycles. The molecule has 0 aromatic heterocycles. The molecule has 4 N–H and O–H groups in total. The number of rotatable bonds is 8. The number of benzene rings is 3. The van der Waals surface area contributed by atoms with Gasteiger partial charge in [0.15, 0.2) is 0 Å². The Bertz CT molecular complexity index is 1330. The highest BCUT2D eigenvalue weighted by Crippen LogP contribution is 2.26. The van der Waals surface area contributed by atoms with Crippen molar-refractivity contribution < 1.29 is 22.4 Å². The maximum Gasteiger partial charge on any atom is 0.323 e. The molecule has 0 spiro atoms. The summed E-state index contributed by atoms with van der Waals surface area (Å²) in [5.41, 5.74) is 1.77. The van der Waals surface area contributed by atoms with Crippen molar-refractivity contribution >= 4 is 33.3 Å². The van der Waals surface area contributed by atoms with Crippen LogP contribution >= 0.6 is 0 Å². The molecule has 1 fully saturated rings. The minimum absolute atomic E-state index is 0.0455. The van der Waals surface area contributed by atoms with E-state index >= 15 is 0 Å². The second-order valence-corrected chi connectivity index (χ2v) is 10.7. The zero-order valence-electron chi connectivity index (χ0n) is 20.1. The fourth-order valence-corrected chi connectivity index (χ4v) is 5.60. The number of halogens is 1. The molecular formula is C27H29FN4O4S. The van der Waals surface area contributed by atoms with Gasteiger partial charge in [0.2, 0.25) is 15.9 Å². The Labute approximate surface area is 215 Å². The van der Waals surface area contributed by atoms with Crippen molar-refractivity contribution in [3.63, 3.8) is 0 Å². The first kappa shape index (κ1) is 26.3. The number of hydrogen-bond acceptors (Lipinski definition) is 4. The molecule has 0 aliphatic heterocycles. The first-order chi connectivity index (χ1) is 17.8. The zero-order chi connectivity index (χ0) is 26.3. The first-order valence-electron chi connectivity index (χ1n) is 12.1. The Kier molecular flexibility index (Phi) is 8.52. The van der Waals surface area contributed by atoms with Crippen molar-refractivity contribution in [1.82, 2.24) is 10.0 Å². The van der Waals surface area contributed by atoms with Gasteiger partial charge in [-0.15, -0.1) is 0 Å². The lowest BCUT2D eigenvalue weighted by atomic mass is 9.86. The van der Waals surface area contributed by atoms with Crippen LogP contribution in [0.4, 0.5) is 20.6 Å². The molecule has 0 heterocycles. The molecule has 1 aliphatic rings. The number of para-hydroxylation sites is 1. The van der Waals surface area contributed by atoms with Gasteiger partial charge in [-0.2, -0.15) is 0 Å². The average Bonchev–Trinajstić information content (AvgIpc) is 2.89. The first-order valence-corrected chi connectivity index (χ1v) is 13.5. The summed E-state index contributed by atoms with van der Waals surface area (Å²) in [5.74, 6) is -0.609. The molecule has 0 unspecified atom stereocenters. The molecule has 37 heavy (non-hydrogen) atoms. The van der Waals surface area contributed by atoms with Gasteiger partial charge < -0.3 is 16.0 Å². The zero-order valence-corrected chi connectivity index (χ0v) is 20.9. The van der Waals surface area contributed by atoms with E-state index in [-0.39, 0.29) is 28.6 Å². The molecule has 3 amide bonds. The Morgan fingerprint density at radius 2 is 1.46 bits per heavy atom. The van der Waals surface area contributed by atoms with Gasteiger partial charge in [-0.3, -0.25) is 4.79 Å². The summed E-state index contributed by atoms with van der Waals surface area (Å²) in [6.45, 7) is 0.319. The quantitative estimate of drug-likeness (QED) is 0.344. The molecule has 1 aliphatic carbocycles. The minimum Gasteiger partial charge on any atom is -0.352 e. The summed E-state index contributed by atoms with van der Waals surface area (Å²) in [4.78, 5) is 24.8. The van der Waals surface area contributed by atoms with E-state index in [1.165, 1.54) is 24.3 Å². The number of hydrogen-bond donors (Lipinski definition) is 4. The standard InChI is InChI=1S/C27H29FN4O4S/c28-21-13-9-19(10-14-21)18-29-26(33)20-11-15-23(16-12-20)32-37(35,36)25-8-4-7-24(17-25)31-27(34)30-22-5-2-1-3-6-22/h1-10,13-14,17,20,23,32H,11-12,15-16,18H2,(H,29,33)(H2,30,31,34). The molecule has 0 atom stereocenters. The molecular weight excluding hydrogens is 495 g/mol. The van der Waals surface area contributed by atoms with Crippen molar-refractivity contribution in [2.24, 2.45) is 5.92 Å². The summed E-state index contributed by atoms with van der Waals surface area (Å²) in [6, 6.07) is 20.1. The fraction of sp³-hybridized carbons (Fsp3) is 0.259. The summed E-state index contributed by atoms with van der Waals surface area (Å²) >= 11 is 0. The third-order valence-corrected chi connectivity index (χ3v) is 7.75. The molecule has 194 valence electrons. The van der Waals surface area contributed by atoms with Crippen molar-refractivity contribution in [3.05, 3.63) is 90.2 Å². The number of carbonyl (C=O) groups is 2. The fourth-order valence-electron chi connectivity index (χ4n) is 4.25. The van der Waals surface area contributed by atoms with E-state index in [0.29, 0.717) is 43.6 Å². The lowest BCUT2D eigenvalue weighted by Crippen LogP contribution is -2.40. The predicted molar refractivity (Wildman–Crippen MR) is 140 cm³/mol. The summed E-state index contributed by atoms with van der Waals surface area (Å²) in [6.07, 6.45) is 2.18. The Balaban J connectivity index is 1.27. The number of anilines is 2. The van der Waals surface area contributed by atoms with E-state index in [0.717, 1.165) is 5.56 Å². The molecule has 10 heteroatoms. The lowest BCUT2D eigenvalue weighted by Gasteiger charge is -2.28. The van der Waals surface area contributed by atoms with Crippen LogP contribution in [0, 0.1) is 11.7 Å². The van der Waals surface area contributed by atoms with Gasteiger partial charge in [-0.1, -0.05) is 36.4 Å². The van der Waals surface area contributed by atoms with E-state index in [1.807, 2.05) is 6.07 Å². The van der Waals surface area contributed by atoms with Crippen molar-refractivity contribution in [3.8, 4) is 0 Å². The topological polar surface area (TPSA) is 116 Å². The second-order valence-electron chi connectivity index (χ2n) is 8.99. The van der Waals surface area contributed by atoms with Gasteiger partial charge in [0.1, 0.15) is 5.82 Å². The van der Waals surface area contributed by atoms with Crippen LogP contribution in [0.15, 0.2) is 83.8 Å². The van der Waals surface area contributed by atoms with Crippen LogP contribution in [0.25, 0.3) is 0 Å². The average molecular weight is 525 g/mol. The number of nitrogens with one attached hydrogen (secondary N) is 4. The van der Waals surface area contributed by atoms with Crippen LogP contribution in [-0.4, -0.2) is 26.4 Å². The Morgan fingerprint density at radius 3 is 2.16 bits per heavy atom. The third-order valence-electron chi connectivity index (χ3n) is 6.23. The molecule has 0 saturated heterocycles. The van der Waals surface area contributed by atoms with Gasteiger partial charge in [0, 0.05) is 29.9 Å². The molecule has 3 aromatic rings. The minimum atomic E-state index is -3.82. The van der Waals surface area contributed by atoms with Crippen LogP contribution in [0.2, 0.25) is 0 Å². The SMILES string of the molecule is O=C(Nc1ccccc1)Nc1cccc(S(=O)(=O)NC2CCC(C(=O)NCc3ccc(F)cc3)CC2)c1. The van der Waals surface area contributed by atoms with Crippen molar-refractivity contribution in [2.75, 3.05) is 10.6 Å². The Hall–Kier alpha value is -3.76. The lowest BCUT2D eigenvalue weighted by molar-refractivity contribution is -0.126. The van der Waals surface area contributed by atoms with Gasteiger partial charge in [-0.25, -0.2) is 22.3 Å². The largest absolute Gasteiger partial charge is 0.352 e. The molecule has 3 aromatic carbocycles. The van der Waals surface area contributed by atoms with Crippen LogP contribution in [0.1, 0.15) is 31.2 Å². The third kappa shape index (κ3) is 7.61. The molecule has 0 bridgehead atoms. The summed E-state index contributed by atoms with van der Waals surface area (Å²) in [5, 5.41) is 8.21. The van der Waals surface area contributed by atoms with Gasteiger partial charge in [-0.05, 0) is 73.7 Å². The Morgan fingerprint density at radius 1 is 0.811 bits per heavy atom. The van der Waals surface area contributed by atoms with Gasteiger partial charge in [0.05, 0.1) is 4.90 Å². The summed E-state index contributed by atoms with van der Waals surface area (Å²) < 4.78 is 41.7. The molecule has 4 rings (SSSR count). The predicted octanol–water partition coefficient (Wildman–Crippen LogP) is 4.62. The highest BCUT2D eigenvalue weighted by molar-refractivity contribution is 7.89. The van der Waals surface area contributed by atoms with E-state index in [4.69, 9.17) is 0 Å². The number of carbonyl (C=O) groups excluding carboxylic acids is 2. The summed E-state index contributed by atoms with van der Waals surface area (Å²) in [7, 11) is -3.82. The second kappa shape index (κ2) is 12.0. The number of sulfonamides is 1. The highest BCUT2D eigenvalue weighted by atomic mass is 32.2. The van der Waals surface area contributed by atoms with Gasteiger partial charge >= 0.3 is 6.03 Å². The molecule has 8 nitrogen and oxygen atoms in total. The van der Waals surface area contributed by atoms with E-state index in [2.05, 4.69) is 20.7 Å². The van der Waals surface area contributed by atoms with E-state index in [1.54, 1.807) is 48.5 Å².